The number of nitrogens with two attached hydrogens (primary N) is 1. The number of nitrogen functional groups attached to an aromatic ring is 1. The molecule has 0 unspecified atom stereocenters. The summed E-state index contributed by atoms with van der Waals surface area (Å²) in [5.41, 5.74) is 5.06. The van der Waals surface area contributed by atoms with Crippen LogP contribution in [-0.4, -0.2) is 40.7 Å². The molecule has 0 bridgehead atoms. The standard InChI is InChI=1S/C27H31N3O7/c1-4-6-14-36-21-13-12-19(15-22(21)35-5-2)26(33)37-17-20(31)23-24(28)30(27(34)29(3)25(23)32)16-18-10-8-7-9-11-18/h7-13,15H,4-6,14,16-17,28H2,1-3H3. The summed E-state index contributed by atoms with van der Waals surface area (Å²) in [6, 6.07) is 13.6. The number of benzene rings is 2. The van der Waals surface area contributed by atoms with Crippen molar-refractivity contribution in [3.63, 3.8) is 0 Å². The second-order valence-corrected chi connectivity index (χ2v) is 8.27. The van der Waals surface area contributed by atoms with Crippen molar-refractivity contribution in [2.75, 3.05) is 25.6 Å². The fraction of sp³-hybridized carbons (Fsp3) is 0.333. The van der Waals surface area contributed by atoms with E-state index in [-0.39, 0.29) is 17.9 Å². The number of unbranched alkanes of at least 4 members (excludes halogenated alkanes) is 1. The third-order valence-corrected chi connectivity index (χ3v) is 5.61. The van der Waals surface area contributed by atoms with E-state index in [0.717, 1.165) is 27.5 Å². The second-order valence-electron chi connectivity index (χ2n) is 8.27. The highest BCUT2D eigenvalue weighted by atomic mass is 16.5. The minimum atomic E-state index is -0.861. The third-order valence-electron chi connectivity index (χ3n) is 5.61. The van der Waals surface area contributed by atoms with Crippen molar-refractivity contribution in [2.24, 2.45) is 7.05 Å². The number of hydrogen-bond acceptors (Lipinski definition) is 8. The van der Waals surface area contributed by atoms with Crippen LogP contribution in [0.3, 0.4) is 0 Å². The number of esters is 1. The van der Waals surface area contributed by atoms with Crippen LogP contribution in [0.2, 0.25) is 0 Å². The summed E-state index contributed by atoms with van der Waals surface area (Å²) in [5, 5.41) is 0. The van der Waals surface area contributed by atoms with Crippen molar-refractivity contribution < 1.29 is 23.8 Å². The topological polar surface area (TPSA) is 132 Å². The van der Waals surface area contributed by atoms with Crippen LogP contribution in [0.25, 0.3) is 0 Å². The molecule has 196 valence electrons. The highest BCUT2D eigenvalue weighted by molar-refractivity contribution is 6.02. The molecule has 37 heavy (non-hydrogen) atoms. The number of Topliss-reactive ketones (excluding diaryl/α,β-unsaturated/α-hetero) is 1. The van der Waals surface area contributed by atoms with Gasteiger partial charge in [0.05, 0.1) is 25.3 Å². The van der Waals surface area contributed by atoms with Crippen LogP contribution in [0.4, 0.5) is 5.82 Å². The molecule has 10 heteroatoms. The minimum absolute atomic E-state index is 0.0621. The Bertz CT molecular complexity index is 1380. The first-order valence-electron chi connectivity index (χ1n) is 12.0. The van der Waals surface area contributed by atoms with Crippen molar-refractivity contribution in [1.82, 2.24) is 9.13 Å². The zero-order chi connectivity index (χ0) is 26.9. The number of ether oxygens (including phenoxy) is 3. The lowest BCUT2D eigenvalue weighted by Gasteiger charge is -2.15. The van der Waals surface area contributed by atoms with E-state index in [1.165, 1.54) is 19.2 Å². The summed E-state index contributed by atoms with van der Waals surface area (Å²) < 4.78 is 18.4. The van der Waals surface area contributed by atoms with Gasteiger partial charge in [0.25, 0.3) is 5.56 Å². The Morgan fingerprint density at radius 3 is 2.38 bits per heavy atom. The van der Waals surface area contributed by atoms with Crippen molar-refractivity contribution in [3.8, 4) is 11.5 Å². The number of anilines is 1. The maximum Gasteiger partial charge on any atom is 0.338 e. The summed E-state index contributed by atoms with van der Waals surface area (Å²) in [6.07, 6.45) is 1.85. The van der Waals surface area contributed by atoms with E-state index in [4.69, 9.17) is 19.9 Å². The molecule has 2 N–H and O–H groups in total. The van der Waals surface area contributed by atoms with Crippen LogP contribution in [0.5, 0.6) is 11.5 Å². The maximum atomic E-state index is 12.9. The van der Waals surface area contributed by atoms with Crippen LogP contribution in [0.15, 0.2) is 58.1 Å². The molecule has 0 spiro atoms. The van der Waals surface area contributed by atoms with Crippen molar-refractivity contribution in [1.29, 1.82) is 0 Å². The number of nitrogens with zero attached hydrogens (tertiary/aromatic N) is 2. The van der Waals surface area contributed by atoms with Crippen LogP contribution in [-0.2, 0) is 18.3 Å². The largest absolute Gasteiger partial charge is 0.490 e. The zero-order valence-corrected chi connectivity index (χ0v) is 21.2. The number of ketones is 1. The Labute approximate surface area is 214 Å². The SMILES string of the molecule is CCCCOc1ccc(C(=O)OCC(=O)c2c(N)n(Cc3ccccc3)c(=O)n(C)c2=O)cc1OCC. The fourth-order valence-electron chi connectivity index (χ4n) is 3.60. The molecule has 0 aliphatic rings. The van der Waals surface area contributed by atoms with Gasteiger partial charge in [-0.1, -0.05) is 43.7 Å². The monoisotopic (exact) mass is 509 g/mol. The van der Waals surface area contributed by atoms with Gasteiger partial charge in [0, 0.05) is 7.05 Å². The van der Waals surface area contributed by atoms with Crippen molar-refractivity contribution >= 4 is 17.6 Å². The average molecular weight is 510 g/mol. The van der Waals surface area contributed by atoms with Crippen molar-refractivity contribution in [2.45, 2.75) is 33.2 Å². The zero-order valence-electron chi connectivity index (χ0n) is 21.2. The van der Waals surface area contributed by atoms with Gasteiger partial charge < -0.3 is 19.9 Å². The average Bonchev–Trinajstić information content (AvgIpc) is 2.90. The molecule has 1 heterocycles. The lowest BCUT2D eigenvalue weighted by atomic mass is 10.1. The minimum Gasteiger partial charge on any atom is -0.490 e. The summed E-state index contributed by atoms with van der Waals surface area (Å²) in [4.78, 5) is 51.0. The van der Waals surface area contributed by atoms with Gasteiger partial charge in [-0.3, -0.25) is 18.7 Å². The van der Waals surface area contributed by atoms with Crippen molar-refractivity contribution in [3.05, 3.63) is 86.1 Å². The highest BCUT2D eigenvalue weighted by Gasteiger charge is 2.23. The molecule has 2 aromatic carbocycles. The van der Waals surface area contributed by atoms with Crippen LogP contribution in [0.1, 0.15) is 53.0 Å². The van der Waals surface area contributed by atoms with Gasteiger partial charge in [0.1, 0.15) is 11.4 Å². The lowest BCUT2D eigenvalue weighted by Crippen LogP contribution is -2.43. The van der Waals surface area contributed by atoms with E-state index >= 15 is 0 Å². The van der Waals surface area contributed by atoms with E-state index in [1.54, 1.807) is 30.3 Å². The maximum absolute atomic E-state index is 12.9. The molecule has 3 rings (SSSR count). The molecule has 0 atom stereocenters. The molecule has 3 aromatic rings. The molecule has 0 amide bonds. The highest BCUT2D eigenvalue weighted by Crippen LogP contribution is 2.29. The van der Waals surface area contributed by atoms with Gasteiger partial charge in [-0.15, -0.1) is 0 Å². The molecule has 0 aliphatic carbocycles. The molecule has 0 saturated heterocycles. The van der Waals surface area contributed by atoms with E-state index < -0.39 is 35.2 Å². The van der Waals surface area contributed by atoms with Crippen LogP contribution in [0, 0.1) is 0 Å². The molecule has 0 radical (unpaired) electrons. The summed E-state index contributed by atoms with van der Waals surface area (Å²) >= 11 is 0. The lowest BCUT2D eigenvalue weighted by molar-refractivity contribution is 0.0473. The smallest absolute Gasteiger partial charge is 0.338 e. The summed E-state index contributed by atoms with van der Waals surface area (Å²) in [5.74, 6) is -1.02. The molecule has 0 fully saturated rings. The van der Waals surface area contributed by atoms with E-state index in [0.29, 0.717) is 24.7 Å². The summed E-state index contributed by atoms with van der Waals surface area (Å²) in [7, 11) is 1.26. The Hall–Kier alpha value is -4.34. The Morgan fingerprint density at radius 2 is 1.70 bits per heavy atom. The predicted octanol–water partition coefficient (Wildman–Crippen LogP) is 2.79. The molecule has 10 nitrogen and oxygen atoms in total. The molecule has 0 aliphatic heterocycles. The number of carbonyl (C=O) groups is 2. The molecule has 0 saturated carbocycles. The van der Waals surface area contributed by atoms with Gasteiger partial charge in [0.2, 0.25) is 5.78 Å². The van der Waals surface area contributed by atoms with Gasteiger partial charge in [-0.25, -0.2) is 9.59 Å². The first-order valence-corrected chi connectivity index (χ1v) is 12.0. The third kappa shape index (κ3) is 6.46. The summed E-state index contributed by atoms with van der Waals surface area (Å²) in [6.45, 7) is 4.06. The van der Waals surface area contributed by atoms with E-state index in [2.05, 4.69) is 6.92 Å². The van der Waals surface area contributed by atoms with Crippen LogP contribution < -0.4 is 26.5 Å². The van der Waals surface area contributed by atoms with Gasteiger partial charge >= 0.3 is 11.7 Å². The predicted molar refractivity (Wildman–Crippen MR) is 139 cm³/mol. The molecular weight excluding hydrogens is 478 g/mol. The molecular formula is C27H31N3O7. The Balaban J connectivity index is 1.80. The normalized spacial score (nSPS) is 10.7. The van der Waals surface area contributed by atoms with E-state index in [1.807, 2.05) is 13.0 Å². The van der Waals surface area contributed by atoms with Crippen LogP contribution >= 0.6 is 0 Å². The quantitative estimate of drug-likeness (QED) is 0.224. The number of carbonyl (C=O) groups excluding carboxylic acids is 2. The second kappa shape index (κ2) is 12.6. The van der Waals surface area contributed by atoms with Gasteiger partial charge in [-0.05, 0) is 37.1 Å². The van der Waals surface area contributed by atoms with Gasteiger partial charge in [-0.2, -0.15) is 0 Å². The molecule has 1 aromatic heterocycles. The fourth-order valence-corrected chi connectivity index (χ4v) is 3.60. The number of hydrogen-bond donors (Lipinski definition) is 1. The first kappa shape index (κ1) is 27.3. The number of rotatable bonds is 12. The Kier molecular flexibility index (Phi) is 9.26. The van der Waals surface area contributed by atoms with E-state index in [9.17, 15) is 19.2 Å². The van der Waals surface area contributed by atoms with Gasteiger partial charge in [0.15, 0.2) is 18.1 Å². The first-order chi connectivity index (χ1) is 17.8. The Morgan fingerprint density at radius 1 is 0.973 bits per heavy atom. The number of aromatic nitrogens is 2.